The number of rotatable bonds is 5. The molecule has 1 aromatic rings. The van der Waals surface area contributed by atoms with Crippen LogP contribution in [0.15, 0.2) is 24.5 Å². The summed E-state index contributed by atoms with van der Waals surface area (Å²) in [5, 5.41) is 6.03. The van der Waals surface area contributed by atoms with E-state index in [9.17, 15) is 4.79 Å². The molecule has 4 heteroatoms. The molecule has 1 amide bonds. The summed E-state index contributed by atoms with van der Waals surface area (Å²) >= 11 is 0. The van der Waals surface area contributed by atoms with Gasteiger partial charge in [-0.05, 0) is 32.4 Å². The highest BCUT2D eigenvalue weighted by Crippen LogP contribution is 2.16. The van der Waals surface area contributed by atoms with Gasteiger partial charge in [0.1, 0.15) is 0 Å². The van der Waals surface area contributed by atoms with Gasteiger partial charge < -0.3 is 10.6 Å². The van der Waals surface area contributed by atoms with Crippen molar-refractivity contribution in [2.45, 2.75) is 26.8 Å². The molecule has 0 radical (unpaired) electrons. The normalized spacial score (nSPS) is 13.2. The van der Waals surface area contributed by atoms with E-state index in [1.54, 1.807) is 13.2 Å². The zero-order valence-corrected chi connectivity index (χ0v) is 10.9. The minimum Gasteiger partial charge on any atom is -0.359 e. The predicted molar refractivity (Wildman–Crippen MR) is 68.5 cm³/mol. The number of hydrogen-bond acceptors (Lipinski definition) is 3. The summed E-state index contributed by atoms with van der Waals surface area (Å²) in [5.41, 5.74) is 0.714. The molecule has 1 unspecified atom stereocenters. The predicted octanol–water partition coefficient (Wildman–Crippen LogP) is 1.50. The molecule has 17 heavy (non-hydrogen) atoms. The summed E-state index contributed by atoms with van der Waals surface area (Å²) in [7, 11) is 1.66. The first kappa shape index (κ1) is 13.6. The van der Waals surface area contributed by atoms with Crippen molar-refractivity contribution >= 4 is 5.91 Å². The van der Waals surface area contributed by atoms with Crippen molar-refractivity contribution in [3.8, 4) is 0 Å². The molecule has 0 fully saturated rings. The minimum absolute atomic E-state index is 0.0448. The summed E-state index contributed by atoms with van der Waals surface area (Å²) in [6.07, 6.45) is 3.59. The molecule has 2 N–H and O–H groups in total. The molecule has 0 aromatic carbocycles. The van der Waals surface area contributed by atoms with Crippen molar-refractivity contribution in [2.75, 3.05) is 13.6 Å². The Kier molecular flexibility index (Phi) is 4.63. The van der Waals surface area contributed by atoms with Crippen LogP contribution < -0.4 is 10.6 Å². The van der Waals surface area contributed by atoms with E-state index in [0.29, 0.717) is 6.54 Å². The van der Waals surface area contributed by atoms with Gasteiger partial charge in [-0.3, -0.25) is 9.78 Å². The largest absolute Gasteiger partial charge is 0.359 e. The van der Waals surface area contributed by atoms with Gasteiger partial charge in [0.15, 0.2) is 0 Å². The summed E-state index contributed by atoms with van der Waals surface area (Å²) in [5.74, 6) is 0.0448. The quantitative estimate of drug-likeness (QED) is 0.813. The van der Waals surface area contributed by atoms with Crippen LogP contribution >= 0.6 is 0 Å². The number of carbonyl (C=O) groups excluding carboxylic acids is 1. The highest BCUT2D eigenvalue weighted by Gasteiger charge is 2.26. The fourth-order valence-corrected chi connectivity index (χ4v) is 1.58. The summed E-state index contributed by atoms with van der Waals surface area (Å²) in [6, 6.07) is 4.13. The van der Waals surface area contributed by atoms with Crippen molar-refractivity contribution in [3.63, 3.8) is 0 Å². The van der Waals surface area contributed by atoms with E-state index in [1.807, 2.05) is 32.2 Å². The molecule has 0 saturated heterocycles. The Morgan fingerprint density at radius 2 is 2.24 bits per heavy atom. The Labute approximate surface area is 103 Å². The number of pyridine rings is 1. The third kappa shape index (κ3) is 3.82. The van der Waals surface area contributed by atoms with Gasteiger partial charge in [0.2, 0.25) is 5.91 Å². The van der Waals surface area contributed by atoms with Crippen LogP contribution in [0.1, 0.15) is 32.4 Å². The lowest BCUT2D eigenvalue weighted by Crippen LogP contribution is -2.42. The Hall–Kier alpha value is -1.42. The molecular formula is C13H21N3O. The molecule has 0 aliphatic carbocycles. The second kappa shape index (κ2) is 5.77. The molecule has 0 aliphatic heterocycles. The van der Waals surface area contributed by atoms with Gasteiger partial charge in [0.05, 0.1) is 5.41 Å². The van der Waals surface area contributed by atoms with Gasteiger partial charge in [0.25, 0.3) is 0 Å². The number of nitrogens with zero attached hydrogens (tertiary/aromatic N) is 1. The SMILES string of the molecule is CNC(=O)C(C)(C)CNC(C)c1cccnc1. The highest BCUT2D eigenvalue weighted by atomic mass is 16.2. The molecule has 1 rings (SSSR count). The van der Waals surface area contributed by atoms with Crippen LogP contribution in [0.3, 0.4) is 0 Å². The summed E-state index contributed by atoms with van der Waals surface area (Å²) in [4.78, 5) is 15.7. The summed E-state index contributed by atoms with van der Waals surface area (Å²) in [6.45, 7) is 6.54. The van der Waals surface area contributed by atoms with E-state index in [2.05, 4.69) is 22.5 Å². The maximum Gasteiger partial charge on any atom is 0.226 e. The zero-order chi connectivity index (χ0) is 12.9. The van der Waals surface area contributed by atoms with Crippen LogP contribution in [0.5, 0.6) is 0 Å². The van der Waals surface area contributed by atoms with Crippen molar-refractivity contribution in [3.05, 3.63) is 30.1 Å². The van der Waals surface area contributed by atoms with Crippen LogP contribution in [0.2, 0.25) is 0 Å². The van der Waals surface area contributed by atoms with Gasteiger partial charge in [-0.25, -0.2) is 0 Å². The molecule has 94 valence electrons. The molecule has 0 spiro atoms. The Morgan fingerprint density at radius 1 is 1.53 bits per heavy atom. The topological polar surface area (TPSA) is 54.0 Å². The first-order chi connectivity index (χ1) is 7.97. The van der Waals surface area contributed by atoms with Crippen LogP contribution in [0, 0.1) is 5.41 Å². The summed E-state index contributed by atoms with van der Waals surface area (Å²) < 4.78 is 0. The monoisotopic (exact) mass is 235 g/mol. The standard InChI is InChI=1S/C13H21N3O/c1-10(11-6-5-7-15-8-11)16-9-13(2,3)12(17)14-4/h5-8,10,16H,9H2,1-4H3,(H,14,17). The molecule has 0 saturated carbocycles. The highest BCUT2D eigenvalue weighted by molar-refractivity contribution is 5.81. The molecule has 0 bridgehead atoms. The molecule has 0 aliphatic rings. The number of carbonyl (C=O) groups is 1. The van der Waals surface area contributed by atoms with E-state index < -0.39 is 5.41 Å². The average Bonchev–Trinajstić information content (AvgIpc) is 2.36. The maximum atomic E-state index is 11.6. The van der Waals surface area contributed by atoms with Crippen LogP contribution in [0.25, 0.3) is 0 Å². The Balaban J connectivity index is 2.54. The van der Waals surface area contributed by atoms with Crippen molar-refractivity contribution in [1.82, 2.24) is 15.6 Å². The first-order valence-corrected chi connectivity index (χ1v) is 5.83. The molecular weight excluding hydrogens is 214 g/mol. The minimum atomic E-state index is -0.411. The van der Waals surface area contributed by atoms with Crippen LogP contribution in [-0.2, 0) is 4.79 Å². The van der Waals surface area contributed by atoms with Crippen molar-refractivity contribution in [1.29, 1.82) is 0 Å². The smallest absolute Gasteiger partial charge is 0.226 e. The van der Waals surface area contributed by atoms with E-state index in [1.165, 1.54) is 0 Å². The molecule has 4 nitrogen and oxygen atoms in total. The van der Waals surface area contributed by atoms with Crippen molar-refractivity contribution in [2.24, 2.45) is 5.41 Å². The lowest BCUT2D eigenvalue weighted by atomic mass is 9.92. The number of aromatic nitrogens is 1. The van der Waals surface area contributed by atoms with Gasteiger partial charge in [-0.2, -0.15) is 0 Å². The number of nitrogens with one attached hydrogen (secondary N) is 2. The van der Waals surface area contributed by atoms with Gasteiger partial charge in [0, 0.05) is 32.0 Å². The Bertz CT molecular complexity index is 362. The third-order valence-corrected chi connectivity index (χ3v) is 2.88. The second-order valence-corrected chi connectivity index (χ2v) is 4.85. The molecule has 1 aromatic heterocycles. The molecule has 1 heterocycles. The van der Waals surface area contributed by atoms with Gasteiger partial charge in [-0.15, -0.1) is 0 Å². The fourth-order valence-electron chi connectivity index (χ4n) is 1.58. The van der Waals surface area contributed by atoms with Gasteiger partial charge >= 0.3 is 0 Å². The third-order valence-electron chi connectivity index (χ3n) is 2.88. The Morgan fingerprint density at radius 3 is 2.76 bits per heavy atom. The fraction of sp³-hybridized carbons (Fsp3) is 0.538. The lowest BCUT2D eigenvalue weighted by Gasteiger charge is -2.25. The van der Waals surface area contributed by atoms with Crippen LogP contribution in [0.4, 0.5) is 0 Å². The van der Waals surface area contributed by atoms with E-state index in [-0.39, 0.29) is 11.9 Å². The second-order valence-electron chi connectivity index (χ2n) is 4.85. The van der Waals surface area contributed by atoms with E-state index in [0.717, 1.165) is 5.56 Å². The number of amides is 1. The zero-order valence-electron chi connectivity index (χ0n) is 10.9. The lowest BCUT2D eigenvalue weighted by molar-refractivity contribution is -0.128. The van der Waals surface area contributed by atoms with Gasteiger partial charge in [-0.1, -0.05) is 6.07 Å². The number of hydrogen-bond donors (Lipinski definition) is 2. The van der Waals surface area contributed by atoms with Crippen molar-refractivity contribution < 1.29 is 4.79 Å². The van der Waals surface area contributed by atoms with E-state index in [4.69, 9.17) is 0 Å². The van der Waals surface area contributed by atoms with E-state index >= 15 is 0 Å². The first-order valence-electron chi connectivity index (χ1n) is 5.83. The maximum absolute atomic E-state index is 11.6. The van der Waals surface area contributed by atoms with Crippen LogP contribution in [-0.4, -0.2) is 24.5 Å². The molecule has 1 atom stereocenters. The average molecular weight is 235 g/mol.